The van der Waals surface area contributed by atoms with Crippen molar-refractivity contribution in [3.8, 4) is 0 Å². The zero-order valence-corrected chi connectivity index (χ0v) is 19.1. The van der Waals surface area contributed by atoms with Gasteiger partial charge >= 0.3 is 0 Å². The van der Waals surface area contributed by atoms with E-state index in [4.69, 9.17) is 0 Å². The number of fused-ring (bicyclic) bond motifs is 1. The molecule has 1 N–H and O–H groups in total. The van der Waals surface area contributed by atoms with Crippen LogP contribution in [0.3, 0.4) is 0 Å². The number of imide groups is 2. The molecule has 0 aromatic heterocycles. The maximum absolute atomic E-state index is 15.2. The Morgan fingerprint density at radius 3 is 2.06 bits per heavy atom. The number of carbonyl (C=O) groups excluding carboxylic acids is 4. The molecule has 172 valence electrons. The van der Waals surface area contributed by atoms with Gasteiger partial charge in [0.1, 0.15) is 11.9 Å². The van der Waals surface area contributed by atoms with Crippen LogP contribution in [0.4, 0.5) is 10.1 Å². The van der Waals surface area contributed by atoms with Gasteiger partial charge in [0.15, 0.2) is 0 Å². The summed E-state index contributed by atoms with van der Waals surface area (Å²) in [6, 6.07) is 1.78. The number of amides is 4. The minimum absolute atomic E-state index is 0.0355. The number of carbonyl (C=O) groups is 4. The molecular weight excluding hydrogens is 415 g/mol. The van der Waals surface area contributed by atoms with Crippen LogP contribution in [0.1, 0.15) is 68.2 Å². The van der Waals surface area contributed by atoms with Crippen LogP contribution in [0.25, 0.3) is 0 Å². The predicted molar refractivity (Wildman–Crippen MR) is 116 cm³/mol. The lowest BCUT2D eigenvalue weighted by molar-refractivity contribution is -0.136. The number of benzene rings is 1. The van der Waals surface area contributed by atoms with Crippen molar-refractivity contribution in [1.29, 1.82) is 0 Å². The van der Waals surface area contributed by atoms with Crippen LogP contribution in [0, 0.1) is 5.82 Å². The molecule has 2 saturated heterocycles. The Kier molecular flexibility index (Phi) is 5.35. The average Bonchev–Trinajstić information content (AvgIpc) is 2.90. The van der Waals surface area contributed by atoms with E-state index in [1.54, 1.807) is 0 Å². The summed E-state index contributed by atoms with van der Waals surface area (Å²) in [6.45, 7) is 11.8. The molecule has 0 spiro atoms. The molecule has 32 heavy (non-hydrogen) atoms. The molecule has 0 radical (unpaired) electrons. The van der Waals surface area contributed by atoms with E-state index in [-0.39, 0.29) is 47.3 Å². The van der Waals surface area contributed by atoms with Crippen molar-refractivity contribution in [2.75, 3.05) is 18.0 Å². The second-order valence-corrected chi connectivity index (χ2v) is 9.98. The Labute approximate surface area is 186 Å². The highest BCUT2D eigenvalue weighted by atomic mass is 19.1. The summed E-state index contributed by atoms with van der Waals surface area (Å²) >= 11 is 0. The number of piperidine rings is 1. The normalized spacial score (nSPS) is 27.1. The van der Waals surface area contributed by atoms with Crippen LogP contribution in [0.2, 0.25) is 0 Å². The van der Waals surface area contributed by atoms with Gasteiger partial charge in [-0.05, 0) is 53.2 Å². The fourth-order valence-corrected chi connectivity index (χ4v) is 5.56. The third kappa shape index (κ3) is 3.58. The van der Waals surface area contributed by atoms with E-state index in [0.29, 0.717) is 13.1 Å². The van der Waals surface area contributed by atoms with E-state index < -0.39 is 35.5 Å². The van der Waals surface area contributed by atoms with Gasteiger partial charge in [-0.15, -0.1) is 0 Å². The number of piperazine rings is 1. The smallest absolute Gasteiger partial charge is 0.262 e. The monoisotopic (exact) mass is 444 g/mol. The first-order chi connectivity index (χ1) is 14.9. The van der Waals surface area contributed by atoms with Crippen molar-refractivity contribution in [3.63, 3.8) is 0 Å². The highest BCUT2D eigenvalue weighted by molar-refractivity contribution is 6.23. The first kappa shape index (κ1) is 22.4. The van der Waals surface area contributed by atoms with Crippen LogP contribution >= 0.6 is 0 Å². The van der Waals surface area contributed by atoms with Crippen molar-refractivity contribution in [2.45, 2.75) is 71.1 Å². The minimum atomic E-state index is -1.07. The number of hydrogen-bond donors (Lipinski definition) is 1. The van der Waals surface area contributed by atoms with Gasteiger partial charge in [-0.25, -0.2) is 4.39 Å². The Morgan fingerprint density at radius 2 is 1.53 bits per heavy atom. The van der Waals surface area contributed by atoms with Gasteiger partial charge in [-0.2, -0.15) is 0 Å². The summed E-state index contributed by atoms with van der Waals surface area (Å²) in [5.74, 6) is -3.02. The SMILES string of the molecule is CC1CN(c2cc3c(cc2F)C(=O)N([C@H]2CCC(=O)NC2=O)C3=O)CC(C)N1C(C)(C)C. The molecule has 1 aromatic carbocycles. The van der Waals surface area contributed by atoms with E-state index in [2.05, 4.69) is 44.8 Å². The molecular formula is C23H29FN4O4. The van der Waals surface area contributed by atoms with Crippen LogP contribution in [0.5, 0.6) is 0 Å². The molecule has 4 amide bonds. The molecule has 0 bridgehead atoms. The summed E-state index contributed by atoms with van der Waals surface area (Å²) in [5.41, 5.74) is 0.291. The van der Waals surface area contributed by atoms with Gasteiger partial charge in [0.05, 0.1) is 16.8 Å². The van der Waals surface area contributed by atoms with Gasteiger partial charge in [-0.3, -0.25) is 34.3 Å². The number of nitrogens with one attached hydrogen (secondary N) is 1. The molecule has 2 unspecified atom stereocenters. The van der Waals surface area contributed by atoms with Crippen LogP contribution < -0.4 is 10.2 Å². The maximum Gasteiger partial charge on any atom is 0.262 e. The van der Waals surface area contributed by atoms with E-state index in [0.717, 1.165) is 11.0 Å². The second-order valence-electron chi connectivity index (χ2n) is 9.98. The zero-order chi connectivity index (χ0) is 23.5. The summed E-state index contributed by atoms with van der Waals surface area (Å²) < 4.78 is 15.2. The Balaban J connectivity index is 1.63. The third-order valence-electron chi connectivity index (χ3n) is 6.54. The summed E-state index contributed by atoms with van der Waals surface area (Å²) in [6.07, 6.45) is 0.104. The fraction of sp³-hybridized carbons (Fsp3) is 0.565. The lowest BCUT2D eigenvalue weighted by Crippen LogP contribution is -2.62. The van der Waals surface area contributed by atoms with Crippen LogP contribution in [0.15, 0.2) is 12.1 Å². The predicted octanol–water partition coefficient (Wildman–Crippen LogP) is 1.92. The fourth-order valence-electron chi connectivity index (χ4n) is 5.56. The van der Waals surface area contributed by atoms with E-state index in [1.165, 1.54) is 6.07 Å². The average molecular weight is 445 g/mol. The molecule has 3 heterocycles. The Bertz CT molecular complexity index is 1010. The van der Waals surface area contributed by atoms with Crippen LogP contribution in [-0.4, -0.2) is 70.2 Å². The highest BCUT2D eigenvalue weighted by Crippen LogP contribution is 2.35. The molecule has 0 saturated carbocycles. The lowest BCUT2D eigenvalue weighted by atomic mass is 9.96. The Morgan fingerprint density at radius 1 is 0.969 bits per heavy atom. The van der Waals surface area contributed by atoms with Crippen LogP contribution in [-0.2, 0) is 9.59 Å². The largest absolute Gasteiger partial charge is 0.366 e. The number of anilines is 1. The third-order valence-corrected chi connectivity index (χ3v) is 6.54. The lowest BCUT2D eigenvalue weighted by Gasteiger charge is -2.51. The first-order valence-corrected chi connectivity index (χ1v) is 11.0. The van der Waals surface area contributed by atoms with E-state index in [9.17, 15) is 19.2 Å². The topological polar surface area (TPSA) is 90.0 Å². The van der Waals surface area contributed by atoms with Crippen molar-refractivity contribution in [3.05, 3.63) is 29.1 Å². The Hall–Kier alpha value is -2.81. The first-order valence-electron chi connectivity index (χ1n) is 11.0. The van der Waals surface area contributed by atoms with E-state index in [1.807, 2.05) is 4.90 Å². The van der Waals surface area contributed by atoms with Gasteiger partial charge in [-0.1, -0.05) is 0 Å². The molecule has 1 aromatic rings. The molecule has 3 aliphatic rings. The number of halogens is 1. The van der Waals surface area contributed by atoms with Gasteiger partial charge in [0.2, 0.25) is 11.8 Å². The standard InChI is InChI=1S/C23H29FN4O4/c1-12-10-26(11-13(2)28(12)23(3,4)5)18-9-15-14(8-16(18)24)21(31)27(22(15)32)17-6-7-19(29)25-20(17)30/h8-9,12-13,17H,6-7,10-11H2,1-5H3,(H,25,29,30)/t12?,13?,17-/m0/s1. The summed E-state index contributed by atoms with van der Waals surface area (Å²) in [4.78, 5) is 54.8. The molecule has 9 heteroatoms. The zero-order valence-electron chi connectivity index (χ0n) is 19.1. The maximum atomic E-state index is 15.2. The molecule has 2 fully saturated rings. The minimum Gasteiger partial charge on any atom is -0.366 e. The van der Waals surface area contributed by atoms with Crippen molar-refractivity contribution >= 4 is 29.3 Å². The van der Waals surface area contributed by atoms with Gasteiger partial charge < -0.3 is 4.90 Å². The quantitative estimate of drug-likeness (QED) is 0.701. The highest BCUT2D eigenvalue weighted by Gasteiger charge is 2.46. The van der Waals surface area contributed by atoms with Gasteiger partial charge in [0, 0.05) is 37.1 Å². The second kappa shape index (κ2) is 7.65. The van der Waals surface area contributed by atoms with Crippen molar-refractivity contribution in [1.82, 2.24) is 15.1 Å². The summed E-state index contributed by atoms with van der Waals surface area (Å²) in [7, 11) is 0. The van der Waals surface area contributed by atoms with Gasteiger partial charge in [0.25, 0.3) is 11.8 Å². The number of hydrogen-bond acceptors (Lipinski definition) is 6. The van der Waals surface area contributed by atoms with Crippen molar-refractivity contribution in [2.24, 2.45) is 0 Å². The number of rotatable bonds is 2. The van der Waals surface area contributed by atoms with E-state index >= 15 is 4.39 Å². The molecule has 3 atom stereocenters. The van der Waals surface area contributed by atoms with Crippen molar-refractivity contribution < 1.29 is 23.6 Å². The molecule has 8 nitrogen and oxygen atoms in total. The number of nitrogens with zero attached hydrogens (tertiary/aromatic N) is 3. The summed E-state index contributed by atoms with van der Waals surface area (Å²) in [5, 5.41) is 2.16. The molecule has 0 aliphatic carbocycles. The molecule has 3 aliphatic heterocycles. The molecule has 4 rings (SSSR count).